The lowest BCUT2D eigenvalue weighted by atomic mass is 9.84. The predicted molar refractivity (Wildman–Crippen MR) is 63.0 cm³/mol. The van der Waals surface area contributed by atoms with Gasteiger partial charge in [-0.1, -0.05) is 18.9 Å². The maximum absolute atomic E-state index is 12.8. The molecule has 2 unspecified atom stereocenters. The van der Waals surface area contributed by atoms with Crippen LogP contribution in [0.2, 0.25) is 0 Å². The third-order valence-electron chi connectivity index (χ3n) is 3.11. The van der Waals surface area contributed by atoms with E-state index in [4.69, 9.17) is 0 Å². The fourth-order valence-electron chi connectivity index (χ4n) is 2.24. The number of halogens is 3. The first-order valence-corrected chi connectivity index (χ1v) is 6.13. The maximum Gasteiger partial charge on any atom is 0.393 e. The second-order valence-electron chi connectivity index (χ2n) is 4.53. The molecule has 0 aromatic rings. The van der Waals surface area contributed by atoms with Crippen LogP contribution in [0.3, 0.4) is 0 Å². The molecule has 0 saturated heterocycles. The highest BCUT2D eigenvalue weighted by molar-refractivity contribution is 5.78. The number of alkyl halides is 3. The SMILES string of the molecule is C=CCNCC(=O)NC1CCCCC1C(F)(F)F. The molecule has 0 spiro atoms. The Labute approximate surface area is 105 Å². The van der Waals surface area contributed by atoms with Crippen molar-refractivity contribution < 1.29 is 18.0 Å². The Morgan fingerprint density at radius 3 is 2.61 bits per heavy atom. The van der Waals surface area contributed by atoms with Crippen molar-refractivity contribution in [1.82, 2.24) is 10.6 Å². The van der Waals surface area contributed by atoms with Crippen LogP contribution in [0.25, 0.3) is 0 Å². The lowest BCUT2D eigenvalue weighted by Gasteiger charge is -2.33. The molecule has 0 heterocycles. The van der Waals surface area contributed by atoms with Crippen molar-refractivity contribution >= 4 is 5.91 Å². The molecule has 1 aliphatic rings. The lowest BCUT2D eigenvalue weighted by Crippen LogP contribution is -2.49. The fraction of sp³-hybridized carbons (Fsp3) is 0.750. The zero-order chi connectivity index (χ0) is 13.6. The summed E-state index contributed by atoms with van der Waals surface area (Å²) in [7, 11) is 0. The number of amides is 1. The van der Waals surface area contributed by atoms with E-state index in [0.717, 1.165) is 6.42 Å². The van der Waals surface area contributed by atoms with Crippen LogP contribution in [0.1, 0.15) is 25.7 Å². The molecule has 1 aliphatic carbocycles. The molecule has 1 saturated carbocycles. The Morgan fingerprint density at radius 1 is 1.33 bits per heavy atom. The third-order valence-corrected chi connectivity index (χ3v) is 3.11. The Hall–Kier alpha value is -1.04. The summed E-state index contributed by atoms with van der Waals surface area (Å²) in [6.45, 7) is 3.95. The van der Waals surface area contributed by atoms with Crippen molar-refractivity contribution in [2.24, 2.45) is 5.92 Å². The van der Waals surface area contributed by atoms with Crippen LogP contribution in [-0.2, 0) is 4.79 Å². The summed E-state index contributed by atoms with van der Waals surface area (Å²) < 4.78 is 38.3. The highest BCUT2D eigenvalue weighted by Gasteiger charge is 2.45. The van der Waals surface area contributed by atoms with E-state index < -0.39 is 24.0 Å². The van der Waals surface area contributed by atoms with Gasteiger partial charge in [-0.15, -0.1) is 6.58 Å². The van der Waals surface area contributed by atoms with Crippen LogP contribution in [0.5, 0.6) is 0 Å². The minimum Gasteiger partial charge on any atom is -0.352 e. The average molecular weight is 264 g/mol. The molecule has 3 nitrogen and oxygen atoms in total. The minimum absolute atomic E-state index is 0.0209. The highest BCUT2D eigenvalue weighted by Crippen LogP contribution is 2.37. The van der Waals surface area contributed by atoms with Gasteiger partial charge in [0.05, 0.1) is 12.5 Å². The van der Waals surface area contributed by atoms with Gasteiger partial charge in [0.1, 0.15) is 0 Å². The van der Waals surface area contributed by atoms with Gasteiger partial charge in [-0.25, -0.2) is 0 Å². The van der Waals surface area contributed by atoms with E-state index in [1.165, 1.54) is 0 Å². The van der Waals surface area contributed by atoms with Gasteiger partial charge in [-0.05, 0) is 12.8 Å². The summed E-state index contributed by atoms with van der Waals surface area (Å²) in [6, 6.07) is -0.781. The van der Waals surface area contributed by atoms with Crippen molar-refractivity contribution in [2.75, 3.05) is 13.1 Å². The molecule has 0 radical (unpaired) electrons. The van der Waals surface area contributed by atoms with Gasteiger partial charge in [-0.3, -0.25) is 4.79 Å². The first kappa shape index (κ1) is 15.0. The monoisotopic (exact) mass is 264 g/mol. The number of carbonyl (C=O) groups is 1. The van der Waals surface area contributed by atoms with Gasteiger partial charge in [0.15, 0.2) is 0 Å². The third kappa shape index (κ3) is 4.68. The van der Waals surface area contributed by atoms with Gasteiger partial charge in [-0.2, -0.15) is 13.2 Å². The van der Waals surface area contributed by atoms with Gasteiger partial charge in [0, 0.05) is 12.6 Å². The van der Waals surface area contributed by atoms with Crippen LogP contribution in [0.15, 0.2) is 12.7 Å². The smallest absolute Gasteiger partial charge is 0.352 e. The largest absolute Gasteiger partial charge is 0.393 e. The molecule has 2 atom stereocenters. The Morgan fingerprint density at radius 2 is 2.00 bits per heavy atom. The average Bonchev–Trinajstić information content (AvgIpc) is 2.28. The second-order valence-corrected chi connectivity index (χ2v) is 4.53. The van der Waals surface area contributed by atoms with E-state index in [1.807, 2.05) is 0 Å². The Bertz CT molecular complexity index is 292. The van der Waals surface area contributed by atoms with Gasteiger partial charge >= 0.3 is 6.18 Å². The van der Waals surface area contributed by atoms with E-state index >= 15 is 0 Å². The molecular formula is C12H19F3N2O. The zero-order valence-electron chi connectivity index (χ0n) is 10.2. The minimum atomic E-state index is -4.23. The van der Waals surface area contributed by atoms with Gasteiger partial charge < -0.3 is 10.6 Å². The molecule has 1 amide bonds. The van der Waals surface area contributed by atoms with Crippen molar-refractivity contribution in [3.63, 3.8) is 0 Å². The molecule has 104 valence electrons. The van der Waals surface area contributed by atoms with Crippen LogP contribution >= 0.6 is 0 Å². The van der Waals surface area contributed by atoms with Crippen LogP contribution < -0.4 is 10.6 Å². The molecule has 0 aromatic heterocycles. The standard InChI is InChI=1S/C12H19F3N2O/c1-2-7-16-8-11(18)17-10-6-4-3-5-9(10)12(13,14)15/h2,9-10,16H,1,3-8H2,(H,17,18). The van der Waals surface area contributed by atoms with Crippen molar-refractivity contribution in [1.29, 1.82) is 0 Å². The normalized spacial score (nSPS) is 24.6. The molecule has 6 heteroatoms. The number of nitrogens with one attached hydrogen (secondary N) is 2. The summed E-state index contributed by atoms with van der Waals surface area (Å²) in [5, 5.41) is 5.25. The highest BCUT2D eigenvalue weighted by atomic mass is 19.4. The molecule has 0 aromatic carbocycles. The predicted octanol–water partition coefficient (Wildman–Crippen LogP) is 2.00. The second kappa shape index (κ2) is 6.78. The first-order valence-electron chi connectivity index (χ1n) is 6.13. The summed E-state index contributed by atoms with van der Waals surface area (Å²) in [5.74, 6) is -1.80. The van der Waals surface area contributed by atoms with E-state index in [-0.39, 0.29) is 13.0 Å². The van der Waals surface area contributed by atoms with Crippen LogP contribution in [0.4, 0.5) is 13.2 Å². The molecule has 0 aliphatic heterocycles. The summed E-state index contributed by atoms with van der Waals surface area (Å²) in [5.41, 5.74) is 0. The van der Waals surface area contributed by atoms with Crippen molar-refractivity contribution in [3.05, 3.63) is 12.7 Å². The van der Waals surface area contributed by atoms with Crippen LogP contribution in [0, 0.1) is 5.92 Å². The summed E-state index contributed by atoms with van der Waals surface area (Å²) in [6.07, 6.45) is -0.825. The molecule has 18 heavy (non-hydrogen) atoms. The lowest BCUT2D eigenvalue weighted by molar-refractivity contribution is -0.189. The fourth-order valence-corrected chi connectivity index (χ4v) is 2.24. The number of carbonyl (C=O) groups excluding carboxylic acids is 1. The van der Waals surface area contributed by atoms with Crippen molar-refractivity contribution in [2.45, 2.75) is 37.9 Å². The first-order chi connectivity index (χ1) is 8.45. The summed E-state index contributed by atoms with van der Waals surface area (Å²) in [4.78, 5) is 11.5. The van der Waals surface area contributed by atoms with Gasteiger partial charge in [0.2, 0.25) is 5.91 Å². The van der Waals surface area contributed by atoms with Crippen LogP contribution in [-0.4, -0.2) is 31.2 Å². The molecular weight excluding hydrogens is 245 g/mol. The Kier molecular flexibility index (Phi) is 5.65. The van der Waals surface area contributed by atoms with Crippen molar-refractivity contribution in [3.8, 4) is 0 Å². The van der Waals surface area contributed by atoms with E-state index in [9.17, 15) is 18.0 Å². The Balaban J connectivity index is 2.46. The van der Waals surface area contributed by atoms with E-state index in [1.54, 1.807) is 6.08 Å². The topological polar surface area (TPSA) is 41.1 Å². The molecule has 0 bridgehead atoms. The van der Waals surface area contributed by atoms with E-state index in [0.29, 0.717) is 19.4 Å². The number of hydrogen-bond donors (Lipinski definition) is 2. The zero-order valence-corrected chi connectivity index (χ0v) is 10.2. The molecule has 1 rings (SSSR count). The van der Waals surface area contributed by atoms with Gasteiger partial charge in [0.25, 0.3) is 0 Å². The summed E-state index contributed by atoms with van der Waals surface area (Å²) >= 11 is 0. The number of rotatable bonds is 5. The van der Waals surface area contributed by atoms with E-state index in [2.05, 4.69) is 17.2 Å². The number of hydrogen-bond acceptors (Lipinski definition) is 2. The molecule has 2 N–H and O–H groups in total. The molecule has 1 fully saturated rings. The maximum atomic E-state index is 12.8. The quantitative estimate of drug-likeness (QED) is 0.589.